The van der Waals surface area contributed by atoms with Gasteiger partial charge in [-0.3, -0.25) is 4.79 Å². The van der Waals surface area contributed by atoms with Crippen molar-refractivity contribution in [2.24, 2.45) is 29.1 Å². The van der Waals surface area contributed by atoms with Crippen molar-refractivity contribution in [1.29, 1.82) is 0 Å². The van der Waals surface area contributed by atoms with Crippen LogP contribution in [0.15, 0.2) is 48.6 Å². The van der Waals surface area contributed by atoms with Crippen LogP contribution in [0.5, 0.6) is 0 Å². The van der Waals surface area contributed by atoms with Gasteiger partial charge in [0.15, 0.2) is 8.32 Å². The Balaban J connectivity index is 1.64. The molecule has 172 valence electrons. The molecule has 0 aliphatic heterocycles. The smallest absolute Gasteiger partial charge is 0.193 e. The van der Waals surface area contributed by atoms with E-state index in [9.17, 15) is 4.79 Å². The van der Waals surface area contributed by atoms with E-state index in [0.29, 0.717) is 11.3 Å². The Kier molecular flexibility index (Phi) is 5.26. The summed E-state index contributed by atoms with van der Waals surface area (Å²) in [5.74, 6) is 3.07. The zero-order valence-corrected chi connectivity index (χ0v) is 21.6. The fraction of sp³-hybridized carbons (Fsp3) is 0.621. The lowest BCUT2D eigenvalue weighted by molar-refractivity contribution is -0.121. The van der Waals surface area contributed by atoms with Crippen LogP contribution in [0.4, 0.5) is 0 Å². The number of rotatable bonds is 5. The monoisotopic (exact) mass is 448 g/mol. The van der Waals surface area contributed by atoms with Crippen LogP contribution in [0.25, 0.3) is 0 Å². The summed E-state index contributed by atoms with van der Waals surface area (Å²) in [6.07, 6.45) is 18.7. The summed E-state index contributed by atoms with van der Waals surface area (Å²) in [6.45, 7) is 11.8. The van der Waals surface area contributed by atoms with E-state index in [1.165, 1.54) is 44.1 Å². The summed E-state index contributed by atoms with van der Waals surface area (Å²) < 4.78 is 7.51. The summed E-state index contributed by atoms with van der Waals surface area (Å²) >= 11 is 0. The molecular weight excluding hydrogens is 408 g/mol. The zero-order valence-electron chi connectivity index (χ0n) is 20.6. The molecule has 2 atom stereocenters. The second kappa shape index (κ2) is 7.53. The second-order valence-corrected chi connectivity index (χ2v) is 17.6. The van der Waals surface area contributed by atoms with Crippen molar-refractivity contribution >= 4 is 14.6 Å². The molecule has 0 aromatic heterocycles. The van der Waals surface area contributed by atoms with E-state index >= 15 is 0 Å². The molecule has 4 fully saturated rings. The minimum atomic E-state index is -2.08. The number of hydrogen-bond acceptors (Lipinski definition) is 2. The predicted molar refractivity (Wildman–Crippen MR) is 134 cm³/mol. The summed E-state index contributed by atoms with van der Waals surface area (Å²) in [5.41, 5.74) is 1.83. The highest BCUT2D eigenvalue weighted by Crippen LogP contribution is 2.66. The average Bonchev–Trinajstić information content (AvgIpc) is 2.72. The average molecular weight is 449 g/mol. The summed E-state index contributed by atoms with van der Waals surface area (Å²) in [6, 6.07) is 8.27. The van der Waals surface area contributed by atoms with Crippen LogP contribution in [0.3, 0.4) is 0 Å². The van der Waals surface area contributed by atoms with Crippen LogP contribution in [-0.2, 0) is 10.0 Å². The normalized spacial score (nSPS) is 38.3. The van der Waals surface area contributed by atoms with Crippen molar-refractivity contribution in [3.05, 3.63) is 59.7 Å². The maximum Gasteiger partial charge on any atom is 0.193 e. The molecule has 0 radical (unpaired) electrons. The largest absolute Gasteiger partial charge is 0.403 e. The maximum absolute atomic E-state index is 11.4. The highest BCUT2D eigenvalue weighted by atomic mass is 28.4. The van der Waals surface area contributed by atoms with E-state index in [0.717, 1.165) is 29.6 Å². The van der Waals surface area contributed by atoms with Gasteiger partial charge >= 0.3 is 0 Å². The first-order valence-corrected chi connectivity index (χ1v) is 15.6. The molecule has 0 spiro atoms. The van der Waals surface area contributed by atoms with Gasteiger partial charge in [-0.1, -0.05) is 63.3 Å². The first kappa shape index (κ1) is 22.3. The molecular formula is C29H40O2Si. The van der Waals surface area contributed by atoms with Crippen LogP contribution < -0.4 is 0 Å². The van der Waals surface area contributed by atoms with Crippen molar-refractivity contribution in [3.63, 3.8) is 0 Å². The third-order valence-electron chi connectivity index (χ3n) is 9.69. The van der Waals surface area contributed by atoms with E-state index in [1.54, 1.807) is 0 Å². The maximum atomic E-state index is 11.4. The Morgan fingerprint density at radius 2 is 1.50 bits per heavy atom. The third-order valence-corrected chi connectivity index (χ3v) is 14.2. The van der Waals surface area contributed by atoms with Crippen LogP contribution in [-0.4, -0.2) is 14.6 Å². The molecule has 4 bridgehead atoms. The van der Waals surface area contributed by atoms with Gasteiger partial charge < -0.3 is 4.43 Å². The van der Waals surface area contributed by atoms with E-state index in [1.807, 2.05) is 12.1 Å². The van der Waals surface area contributed by atoms with Crippen molar-refractivity contribution < 1.29 is 9.22 Å². The lowest BCUT2D eigenvalue weighted by atomic mass is 9.44. The SMILES string of the molecule is CC(C)(C)[Si](C)(C)OC1(c2ccc(C=O)cc2)C=CC=CC1C12CC3CC(CC(C3)C1)C2. The van der Waals surface area contributed by atoms with Crippen molar-refractivity contribution in [1.82, 2.24) is 0 Å². The van der Waals surface area contributed by atoms with Gasteiger partial charge in [-0.2, -0.15) is 0 Å². The van der Waals surface area contributed by atoms with E-state index in [4.69, 9.17) is 4.43 Å². The lowest BCUT2D eigenvalue weighted by Gasteiger charge is -2.63. The van der Waals surface area contributed by atoms with Gasteiger partial charge in [0.2, 0.25) is 0 Å². The molecule has 5 aliphatic rings. The Morgan fingerprint density at radius 3 is 2.00 bits per heavy atom. The van der Waals surface area contributed by atoms with Crippen LogP contribution in [0.1, 0.15) is 75.2 Å². The molecule has 32 heavy (non-hydrogen) atoms. The zero-order chi connectivity index (χ0) is 22.8. The summed E-state index contributed by atoms with van der Waals surface area (Å²) in [5, 5.41) is 0.129. The van der Waals surface area contributed by atoms with Crippen LogP contribution in [0, 0.1) is 29.1 Å². The fourth-order valence-electron chi connectivity index (χ4n) is 7.67. The van der Waals surface area contributed by atoms with Crippen LogP contribution >= 0.6 is 0 Å². The molecule has 0 amide bonds. The first-order chi connectivity index (χ1) is 15.1. The third kappa shape index (κ3) is 3.51. The Morgan fingerprint density at radius 1 is 0.938 bits per heavy atom. The molecule has 2 unspecified atom stereocenters. The highest BCUT2D eigenvalue weighted by molar-refractivity contribution is 6.74. The number of hydrogen-bond donors (Lipinski definition) is 0. The van der Waals surface area contributed by atoms with Gasteiger partial charge in [0, 0.05) is 11.5 Å². The Labute approximate surface area is 195 Å². The van der Waals surface area contributed by atoms with Gasteiger partial charge in [-0.15, -0.1) is 0 Å². The van der Waals surface area contributed by atoms with Gasteiger partial charge in [0.1, 0.15) is 11.9 Å². The van der Waals surface area contributed by atoms with E-state index < -0.39 is 13.9 Å². The molecule has 1 aromatic rings. The molecule has 0 N–H and O–H groups in total. The minimum Gasteiger partial charge on any atom is -0.403 e. The molecule has 6 rings (SSSR count). The summed E-state index contributed by atoms with van der Waals surface area (Å²) in [4.78, 5) is 11.4. The lowest BCUT2D eigenvalue weighted by Crippen LogP contribution is -2.58. The standard InChI is InChI=1S/C29H40O2Si/c1-27(2,3)32(4,5)31-29(25-11-9-21(20-30)10-12-25)13-7-6-8-26(29)28-17-22-14-23(18-28)16-24(15-22)19-28/h6-13,20,22-24,26H,14-19H2,1-5H3. The van der Waals surface area contributed by atoms with Gasteiger partial charge in [-0.25, -0.2) is 0 Å². The van der Waals surface area contributed by atoms with Crippen molar-refractivity contribution in [3.8, 4) is 0 Å². The van der Waals surface area contributed by atoms with Gasteiger partial charge in [0.05, 0.1) is 0 Å². The molecule has 2 nitrogen and oxygen atoms in total. The molecule has 4 saturated carbocycles. The van der Waals surface area contributed by atoms with Gasteiger partial charge in [0.25, 0.3) is 0 Å². The molecule has 0 saturated heterocycles. The minimum absolute atomic E-state index is 0.129. The number of allylic oxidation sites excluding steroid dienone is 2. The Hall–Kier alpha value is -1.45. The second-order valence-electron chi connectivity index (χ2n) is 12.9. The topological polar surface area (TPSA) is 26.3 Å². The van der Waals surface area contributed by atoms with E-state index in [-0.39, 0.29) is 5.04 Å². The van der Waals surface area contributed by atoms with Gasteiger partial charge in [-0.05, 0) is 91.5 Å². The van der Waals surface area contributed by atoms with Crippen LogP contribution in [0.2, 0.25) is 18.1 Å². The molecule has 5 aliphatic carbocycles. The molecule has 3 heteroatoms. The summed E-state index contributed by atoms with van der Waals surface area (Å²) in [7, 11) is -2.08. The predicted octanol–water partition coefficient (Wildman–Crippen LogP) is 7.67. The number of carbonyl (C=O) groups is 1. The van der Waals surface area contributed by atoms with Crippen molar-refractivity contribution in [2.75, 3.05) is 0 Å². The highest BCUT2D eigenvalue weighted by Gasteiger charge is 2.60. The number of carbonyl (C=O) groups excluding carboxylic acids is 1. The Bertz CT molecular complexity index is 898. The number of aldehydes is 1. The van der Waals surface area contributed by atoms with Crippen molar-refractivity contribution in [2.45, 2.75) is 83.0 Å². The first-order valence-electron chi connectivity index (χ1n) is 12.7. The number of benzene rings is 1. The van der Waals surface area contributed by atoms with E-state index in [2.05, 4.69) is 70.3 Å². The fourth-order valence-corrected chi connectivity index (χ4v) is 9.13. The molecule has 0 heterocycles. The molecule has 1 aromatic carbocycles. The quantitative estimate of drug-likeness (QED) is 0.341.